The van der Waals surface area contributed by atoms with Crippen LogP contribution in [0.4, 0.5) is 0 Å². The summed E-state index contributed by atoms with van der Waals surface area (Å²) in [4.78, 5) is 21.8. The third kappa shape index (κ3) is 2.70. The van der Waals surface area contributed by atoms with Gasteiger partial charge in [-0.05, 0) is 13.0 Å². The van der Waals surface area contributed by atoms with Crippen molar-refractivity contribution < 1.29 is 9.53 Å². The lowest BCUT2D eigenvalue weighted by molar-refractivity contribution is 0.0525. The quantitative estimate of drug-likeness (QED) is 0.759. The number of esters is 1. The maximum atomic E-state index is 11.9. The van der Waals surface area contributed by atoms with Gasteiger partial charge in [0.05, 0.1) is 12.3 Å². The molecular weight excluding hydrogens is 246 g/mol. The van der Waals surface area contributed by atoms with Crippen molar-refractivity contribution in [1.29, 1.82) is 0 Å². The molecule has 0 spiro atoms. The molecule has 0 unspecified atom stereocenters. The lowest BCUT2D eigenvalue weighted by Gasteiger charge is -2.08. The van der Waals surface area contributed by atoms with Gasteiger partial charge in [-0.25, -0.2) is 9.78 Å². The Morgan fingerprint density at radius 3 is 2.95 bits per heavy atom. The zero-order valence-electron chi connectivity index (χ0n) is 11.1. The number of rotatable bonds is 4. The third-order valence-electron chi connectivity index (χ3n) is 2.37. The number of hydrogen-bond donors (Lipinski definition) is 0. The van der Waals surface area contributed by atoms with Crippen LogP contribution in [-0.2, 0) is 4.74 Å². The summed E-state index contributed by atoms with van der Waals surface area (Å²) >= 11 is 0. The Kier molecular flexibility index (Phi) is 3.74. The van der Waals surface area contributed by atoms with Gasteiger partial charge in [0, 0.05) is 26.5 Å². The van der Waals surface area contributed by atoms with Gasteiger partial charge in [-0.2, -0.15) is 14.6 Å². The van der Waals surface area contributed by atoms with Gasteiger partial charge in [0.25, 0.3) is 5.78 Å². The molecule has 0 amide bonds. The van der Waals surface area contributed by atoms with E-state index in [1.807, 2.05) is 25.2 Å². The molecule has 0 aliphatic carbocycles. The van der Waals surface area contributed by atoms with E-state index in [0.29, 0.717) is 23.6 Å². The van der Waals surface area contributed by atoms with Crippen LogP contribution >= 0.6 is 0 Å². The van der Waals surface area contributed by atoms with E-state index in [-0.39, 0.29) is 0 Å². The molecule has 7 heteroatoms. The molecule has 2 aromatic heterocycles. The van der Waals surface area contributed by atoms with Crippen molar-refractivity contribution in [2.24, 2.45) is 0 Å². The standard InChI is InChI=1S/C12H15N5O2/c1-4-19-11(18)9-7-13-12-14-8-15-17(12)10(9)5-6-16(2)3/h5-8H,4H2,1-3H3/b6-5+. The van der Waals surface area contributed by atoms with Crippen LogP contribution in [0, 0.1) is 0 Å². The Labute approximate surface area is 110 Å². The molecule has 0 aromatic carbocycles. The highest BCUT2D eigenvalue weighted by Gasteiger charge is 2.15. The minimum absolute atomic E-state index is 0.311. The Balaban J connectivity index is 2.55. The molecule has 0 bridgehead atoms. The minimum atomic E-state index is -0.425. The maximum Gasteiger partial charge on any atom is 0.341 e. The van der Waals surface area contributed by atoms with Gasteiger partial charge in [0.15, 0.2) is 0 Å². The predicted octanol–water partition coefficient (Wildman–Crippen LogP) is 0.833. The summed E-state index contributed by atoms with van der Waals surface area (Å²) in [5, 5.41) is 4.07. The number of aromatic nitrogens is 4. The average Bonchev–Trinajstić information content (AvgIpc) is 2.84. The van der Waals surface area contributed by atoms with E-state index in [4.69, 9.17) is 4.74 Å². The van der Waals surface area contributed by atoms with Gasteiger partial charge < -0.3 is 9.64 Å². The van der Waals surface area contributed by atoms with Crippen LogP contribution in [0.2, 0.25) is 0 Å². The Morgan fingerprint density at radius 2 is 2.26 bits per heavy atom. The zero-order chi connectivity index (χ0) is 13.8. The fourth-order valence-electron chi connectivity index (χ4n) is 1.54. The van der Waals surface area contributed by atoms with Crippen molar-refractivity contribution in [3.8, 4) is 0 Å². The third-order valence-corrected chi connectivity index (χ3v) is 2.37. The number of carbonyl (C=O) groups excluding carboxylic acids is 1. The van der Waals surface area contributed by atoms with Crippen LogP contribution in [-0.4, -0.2) is 51.2 Å². The van der Waals surface area contributed by atoms with E-state index < -0.39 is 5.97 Å². The van der Waals surface area contributed by atoms with Crippen molar-refractivity contribution in [2.45, 2.75) is 6.92 Å². The smallest absolute Gasteiger partial charge is 0.341 e. The fourth-order valence-corrected chi connectivity index (χ4v) is 1.54. The van der Waals surface area contributed by atoms with Crippen molar-refractivity contribution in [3.05, 3.63) is 30.0 Å². The molecule has 2 aromatic rings. The summed E-state index contributed by atoms with van der Waals surface area (Å²) in [5.74, 6) is 0.0114. The molecular formula is C12H15N5O2. The molecule has 0 atom stereocenters. The van der Waals surface area contributed by atoms with E-state index in [9.17, 15) is 4.79 Å². The summed E-state index contributed by atoms with van der Waals surface area (Å²) in [7, 11) is 3.78. The van der Waals surface area contributed by atoms with Crippen molar-refractivity contribution in [1.82, 2.24) is 24.5 Å². The fraction of sp³-hybridized carbons (Fsp3) is 0.333. The number of carbonyl (C=O) groups is 1. The molecule has 2 rings (SSSR count). The van der Waals surface area contributed by atoms with Crippen molar-refractivity contribution in [2.75, 3.05) is 20.7 Å². The van der Waals surface area contributed by atoms with Gasteiger partial charge in [-0.1, -0.05) is 0 Å². The first-order valence-corrected chi connectivity index (χ1v) is 5.84. The van der Waals surface area contributed by atoms with Crippen LogP contribution in [0.25, 0.3) is 11.9 Å². The van der Waals surface area contributed by atoms with E-state index in [2.05, 4.69) is 15.1 Å². The van der Waals surface area contributed by atoms with Gasteiger partial charge in [0.1, 0.15) is 11.9 Å². The topological polar surface area (TPSA) is 72.6 Å². The van der Waals surface area contributed by atoms with Crippen molar-refractivity contribution >= 4 is 17.8 Å². The number of nitrogens with zero attached hydrogens (tertiary/aromatic N) is 5. The molecule has 7 nitrogen and oxygen atoms in total. The highest BCUT2D eigenvalue weighted by molar-refractivity contribution is 5.92. The number of ether oxygens (including phenoxy) is 1. The first-order chi connectivity index (χ1) is 9.13. The Hall–Kier alpha value is -2.44. The highest BCUT2D eigenvalue weighted by Crippen LogP contribution is 2.12. The van der Waals surface area contributed by atoms with Crippen LogP contribution in [0.5, 0.6) is 0 Å². The summed E-state index contributed by atoms with van der Waals surface area (Å²) in [6.07, 6.45) is 6.44. The van der Waals surface area contributed by atoms with Crippen LogP contribution < -0.4 is 0 Å². The number of hydrogen-bond acceptors (Lipinski definition) is 6. The molecule has 0 fully saturated rings. The second kappa shape index (κ2) is 5.47. The van der Waals surface area contributed by atoms with Crippen LogP contribution in [0.3, 0.4) is 0 Å². The second-order valence-electron chi connectivity index (χ2n) is 4.03. The van der Waals surface area contributed by atoms with Gasteiger partial charge in [-0.3, -0.25) is 0 Å². The summed E-state index contributed by atoms with van der Waals surface area (Å²) < 4.78 is 6.52. The molecule has 19 heavy (non-hydrogen) atoms. The first kappa shape index (κ1) is 13.0. The van der Waals surface area contributed by atoms with E-state index in [0.717, 1.165) is 0 Å². The van der Waals surface area contributed by atoms with E-state index in [1.54, 1.807) is 13.0 Å². The molecule has 2 heterocycles. The molecule has 100 valence electrons. The minimum Gasteiger partial charge on any atom is -0.462 e. The van der Waals surface area contributed by atoms with E-state index >= 15 is 0 Å². The molecule has 0 aliphatic heterocycles. The molecule has 0 radical (unpaired) electrons. The first-order valence-electron chi connectivity index (χ1n) is 5.84. The second-order valence-corrected chi connectivity index (χ2v) is 4.03. The van der Waals surface area contributed by atoms with E-state index in [1.165, 1.54) is 17.0 Å². The summed E-state index contributed by atoms with van der Waals surface area (Å²) in [6, 6.07) is 0. The lowest BCUT2D eigenvalue weighted by Crippen LogP contribution is -2.12. The van der Waals surface area contributed by atoms with Crippen LogP contribution in [0.15, 0.2) is 18.7 Å². The Morgan fingerprint density at radius 1 is 1.47 bits per heavy atom. The summed E-state index contributed by atoms with van der Waals surface area (Å²) in [6.45, 7) is 2.07. The lowest BCUT2D eigenvalue weighted by atomic mass is 10.2. The highest BCUT2D eigenvalue weighted by atomic mass is 16.5. The largest absolute Gasteiger partial charge is 0.462 e. The predicted molar refractivity (Wildman–Crippen MR) is 69.5 cm³/mol. The normalized spacial score (nSPS) is 11.1. The van der Waals surface area contributed by atoms with Gasteiger partial charge in [-0.15, -0.1) is 0 Å². The van der Waals surface area contributed by atoms with Crippen molar-refractivity contribution in [3.63, 3.8) is 0 Å². The van der Waals surface area contributed by atoms with Gasteiger partial charge >= 0.3 is 5.97 Å². The summed E-state index contributed by atoms with van der Waals surface area (Å²) in [5.41, 5.74) is 0.951. The number of fused-ring (bicyclic) bond motifs is 1. The SMILES string of the molecule is CCOC(=O)c1cnc2ncnn2c1/C=C/N(C)C. The molecule has 0 saturated carbocycles. The van der Waals surface area contributed by atoms with Crippen LogP contribution in [0.1, 0.15) is 23.0 Å². The maximum absolute atomic E-state index is 11.9. The zero-order valence-corrected chi connectivity index (χ0v) is 11.1. The average molecular weight is 261 g/mol. The molecule has 0 aliphatic rings. The van der Waals surface area contributed by atoms with Gasteiger partial charge in [0.2, 0.25) is 0 Å². The monoisotopic (exact) mass is 261 g/mol. The molecule has 0 N–H and O–H groups in total. The Bertz CT molecular complexity index is 618. The molecule has 0 saturated heterocycles.